The van der Waals surface area contributed by atoms with Gasteiger partial charge in [0.25, 0.3) is 0 Å². The minimum atomic E-state index is -0.632. The van der Waals surface area contributed by atoms with Gasteiger partial charge in [-0.15, -0.1) is 0 Å². The van der Waals surface area contributed by atoms with Gasteiger partial charge in [0.15, 0.2) is 0 Å². The highest BCUT2D eigenvalue weighted by molar-refractivity contribution is 5.80. The van der Waals surface area contributed by atoms with Crippen LogP contribution < -0.4 is 5.32 Å². The van der Waals surface area contributed by atoms with Crippen molar-refractivity contribution >= 4 is 5.97 Å². The Labute approximate surface area is 130 Å². The molecule has 1 rings (SSSR count). The summed E-state index contributed by atoms with van der Waals surface area (Å²) in [7, 11) is 9.76. The number of methoxy groups -OCH3 is 1. The number of hydrogen-bond acceptors (Lipinski definition) is 5. The zero-order valence-corrected chi connectivity index (χ0v) is 14.8. The zero-order valence-electron chi connectivity index (χ0n) is 14.8. The molecule has 1 saturated carbocycles. The molecule has 0 saturated heterocycles. The summed E-state index contributed by atoms with van der Waals surface area (Å²) in [5, 5.41) is 3.12. The van der Waals surface area contributed by atoms with Crippen LogP contribution in [-0.4, -0.2) is 74.7 Å². The van der Waals surface area contributed by atoms with E-state index in [9.17, 15) is 4.79 Å². The third-order valence-electron chi connectivity index (χ3n) is 5.42. The van der Waals surface area contributed by atoms with Crippen LogP contribution in [0.2, 0.25) is 0 Å². The molecular weight excluding hydrogens is 266 g/mol. The number of carbonyl (C=O) groups is 1. The number of likely N-dealkylation sites (N-methyl/N-ethyl adjacent to an activating group) is 3. The van der Waals surface area contributed by atoms with Crippen molar-refractivity contribution in [2.45, 2.75) is 56.7 Å². The summed E-state index contributed by atoms with van der Waals surface area (Å²) >= 11 is 0. The summed E-state index contributed by atoms with van der Waals surface area (Å²) in [5.74, 6) is -0.198. The fourth-order valence-electron chi connectivity index (χ4n) is 3.21. The SMILES string of the molecule is CNC(C)(CC(C)N(C)CC1(N(C)C)CCC1)C(=O)OC. The van der Waals surface area contributed by atoms with Gasteiger partial charge in [-0.25, -0.2) is 0 Å². The molecule has 0 amide bonds. The van der Waals surface area contributed by atoms with Gasteiger partial charge in [-0.05, 0) is 67.7 Å². The van der Waals surface area contributed by atoms with Gasteiger partial charge in [0.2, 0.25) is 0 Å². The van der Waals surface area contributed by atoms with E-state index in [2.05, 4.69) is 43.2 Å². The topological polar surface area (TPSA) is 44.8 Å². The lowest BCUT2D eigenvalue weighted by molar-refractivity contribution is -0.148. The van der Waals surface area contributed by atoms with Crippen molar-refractivity contribution in [3.05, 3.63) is 0 Å². The Morgan fingerprint density at radius 2 is 1.95 bits per heavy atom. The predicted octanol–water partition coefficient (Wildman–Crippen LogP) is 1.33. The van der Waals surface area contributed by atoms with E-state index in [1.165, 1.54) is 26.4 Å². The van der Waals surface area contributed by atoms with Crippen molar-refractivity contribution in [1.29, 1.82) is 0 Å². The fraction of sp³-hybridized carbons (Fsp3) is 0.938. The number of carbonyl (C=O) groups excluding carboxylic acids is 1. The Kier molecular flexibility index (Phi) is 6.20. The van der Waals surface area contributed by atoms with Gasteiger partial charge < -0.3 is 19.9 Å². The van der Waals surface area contributed by atoms with Crippen LogP contribution in [0.4, 0.5) is 0 Å². The summed E-state index contributed by atoms with van der Waals surface area (Å²) in [6, 6.07) is 0.305. The quantitative estimate of drug-likeness (QED) is 0.685. The van der Waals surface area contributed by atoms with Gasteiger partial charge in [-0.3, -0.25) is 4.79 Å². The average molecular weight is 299 g/mol. The van der Waals surface area contributed by atoms with Gasteiger partial charge in [0.1, 0.15) is 5.54 Å². The molecule has 1 N–H and O–H groups in total. The number of rotatable bonds is 8. The molecule has 5 nitrogen and oxygen atoms in total. The fourth-order valence-corrected chi connectivity index (χ4v) is 3.21. The molecule has 1 fully saturated rings. The van der Waals surface area contributed by atoms with Gasteiger partial charge in [-0.2, -0.15) is 0 Å². The smallest absolute Gasteiger partial charge is 0.325 e. The monoisotopic (exact) mass is 299 g/mol. The molecule has 124 valence electrons. The molecule has 21 heavy (non-hydrogen) atoms. The second-order valence-corrected chi connectivity index (χ2v) is 7.01. The number of hydrogen-bond donors (Lipinski definition) is 1. The molecule has 1 aliphatic rings. The van der Waals surface area contributed by atoms with E-state index in [4.69, 9.17) is 4.74 Å². The number of nitrogens with one attached hydrogen (secondary N) is 1. The lowest BCUT2D eigenvalue weighted by atomic mass is 9.75. The Morgan fingerprint density at radius 1 is 1.38 bits per heavy atom. The Hall–Kier alpha value is -0.650. The normalized spacial score (nSPS) is 21.8. The van der Waals surface area contributed by atoms with Gasteiger partial charge in [-0.1, -0.05) is 0 Å². The summed E-state index contributed by atoms with van der Waals surface area (Å²) in [4.78, 5) is 16.7. The van der Waals surface area contributed by atoms with E-state index in [0.29, 0.717) is 11.6 Å². The van der Waals surface area contributed by atoms with Crippen molar-refractivity contribution in [2.24, 2.45) is 0 Å². The van der Waals surface area contributed by atoms with Gasteiger partial charge in [0.05, 0.1) is 7.11 Å². The van der Waals surface area contributed by atoms with Crippen LogP contribution in [-0.2, 0) is 9.53 Å². The Bertz CT molecular complexity index is 355. The Morgan fingerprint density at radius 3 is 2.29 bits per heavy atom. The molecule has 5 heteroatoms. The van der Waals surface area contributed by atoms with Crippen LogP contribution in [0, 0.1) is 0 Å². The molecule has 1 aliphatic carbocycles. The summed E-state index contributed by atoms with van der Waals surface area (Å²) in [6.07, 6.45) is 4.57. The first-order valence-corrected chi connectivity index (χ1v) is 7.86. The third kappa shape index (κ3) is 3.96. The summed E-state index contributed by atoms with van der Waals surface area (Å²) in [5.41, 5.74) is -0.322. The Balaban J connectivity index is 2.65. The van der Waals surface area contributed by atoms with E-state index in [1.54, 1.807) is 0 Å². The molecule has 0 aromatic rings. The van der Waals surface area contributed by atoms with Crippen LogP contribution in [0.15, 0.2) is 0 Å². The van der Waals surface area contributed by atoms with Crippen LogP contribution in [0.5, 0.6) is 0 Å². The second-order valence-electron chi connectivity index (χ2n) is 7.01. The molecule has 0 radical (unpaired) electrons. The van der Waals surface area contributed by atoms with Crippen LogP contribution in [0.3, 0.4) is 0 Å². The number of ether oxygens (including phenoxy) is 1. The van der Waals surface area contributed by atoms with Crippen molar-refractivity contribution in [2.75, 3.05) is 41.8 Å². The lowest BCUT2D eigenvalue weighted by Crippen LogP contribution is -2.59. The van der Waals surface area contributed by atoms with Crippen LogP contribution in [0.1, 0.15) is 39.5 Å². The van der Waals surface area contributed by atoms with E-state index < -0.39 is 5.54 Å². The molecule has 2 unspecified atom stereocenters. The molecule has 0 spiro atoms. The lowest BCUT2D eigenvalue weighted by Gasteiger charge is -2.50. The first-order valence-electron chi connectivity index (χ1n) is 7.86. The summed E-state index contributed by atoms with van der Waals surface area (Å²) in [6.45, 7) is 5.14. The maximum absolute atomic E-state index is 12.0. The van der Waals surface area contributed by atoms with Gasteiger partial charge in [0, 0.05) is 18.1 Å². The highest BCUT2D eigenvalue weighted by Gasteiger charge is 2.41. The first-order chi connectivity index (χ1) is 9.70. The third-order valence-corrected chi connectivity index (χ3v) is 5.42. The van der Waals surface area contributed by atoms with Crippen LogP contribution in [0.25, 0.3) is 0 Å². The molecule has 0 bridgehead atoms. The number of nitrogens with zero attached hydrogens (tertiary/aromatic N) is 2. The highest BCUT2D eigenvalue weighted by atomic mass is 16.5. The number of esters is 1. The molecular formula is C16H33N3O2. The van der Waals surface area contributed by atoms with E-state index in [0.717, 1.165) is 13.0 Å². The zero-order chi connectivity index (χ0) is 16.3. The first kappa shape index (κ1) is 18.4. The highest BCUT2D eigenvalue weighted by Crippen LogP contribution is 2.37. The predicted molar refractivity (Wildman–Crippen MR) is 86.5 cm³/mol. The van der Waals surface area contributed by atoms with Crippen LogP contribution >= 0.6 is 0 Å². The minimum Gasteiger partial charge on any atom is -0.468 e. The van der Waals surface area contributed by atoms with Crippen molar-refractivity contribution in [1.82, 2.24) is 15.1 Å². The molecule has 0 heterocycles. The maximum Gasteiger partial charge on any atom is 0.325 e. The molecule has 0 aromatic heterocycles. The largest absolute Gasteiger partial charge is 0.468 e. The molecule has 2 atom stereocenters. The molecule has 0 aliphatic heterocycles. The standard InChI is InChI=1S/C16H33N3O2/c1-13(11-15(2,17-3)14(20)21-7)19(6)12-16(18(4)5)9-8-10-16/h13,17H,8-12H2,1-7H3. The molecule has 0 aromatic carbocycles. The van der Waals surface area contributed by atoms with Crippen molar-refractivity contribution in [3.63, 3.8) is 0 Å². The maximum atomic E-state index is 12.0. The second kappa shape index (κ2) is 7.07. The minimum absolute atomic E-state index is 0.198. The van der Waals surface area contributed by atoms with E-state index in [-0.39, 0.29) is 5.97 Å². The van der Waals surface area contributed by atoms with E-state index in [1.807, 2.05) is 14.0 Å². The van der Waals surface area contributed by atoms with E-state index >= 15 is 0 Å². The van der Waals surface area contributed by atoms with Gasteiger partial charge >= 0.3 is 5.97 Å². The average Bonchev–Trinajstić information content (AvgIpc) is 2.40. The van der Waals surface area contributed by atoms with Crippen molar-refractivity contribution < 1.29 is 9.53 Å². The van der Waals surface area contributed by atoms with Crippen molar-refractivity contribution in [3.8, 4) is 0 Å². The summed E-state index contributed by atoms with van der Waals surface area (Å²) < 4.78 is 4.93.